The third-order valence-electron chi connectivity index (χ3n) is 3.68. The first kappa shape index (κ1) is 14.3. The van der Waals surface area contributed by atoms with E-state index < -0.39 is 9.84 Å². The Bertz CT molecular complexity index is 505. The molecule has 1 aromatic rings. The van der Waals surface area contributed by atoms with Crippen LogP contribution < -0.4 is 5.32 Å². The van der Waals surface area contributed by atoms with E-state index in [0.717, 1.165) is 25.9 Å². The number of benzene rings is 1. The number of hydrogen-bond acceptors (Lipinski definition) is 4. The lowest BCUT2D eigenvalue weighted by Crippen LogP contribution is -2.26. The summed E-state index contributed by atoms with van der Waals surface area (Å²) >= 11 is 0. The fourth-order valence-electron chi connectivity index (χ4n) is 2.49. The molecular weight excluding hydrogens is 262 g/mol. The average molecular weight is 283 g/mol. The number of rotatable bonds is 4. The molecule has 2 N–H and O–H groups in total. The smallest absolute Gasteiger partial charge is 0.153 e. The van der Waals surface area contributed by atoms with Crippen molar-refractivity contribution in [2.45, 2.75) is 30.9 Å². The maximum Gasteiger partial charge on any atom is 0.153 e. The van der Waals surface area contributed by atoms with Gasteiger partial charge in [-0.05, 0) is 50.4 Å². The highest BCUT2D eigenvalue weighted by atomic mass is 32.2. The Labute approximate surface area is 114 Å². The molecule has 0 amide bonds. The summed E-state index contributed by atoms with van der Waals surface area (Å²) in [5.74, 6) is 0.301. The van der Waals surface area contributed by atoms with Crippen molar-refractivity contribution in [3.8, 4) is 5.75 Å². The zero-order valence-electron chi connectivity index (χ0n) is 11.0. The molecule has 0 radical (unpaired) electrons. The van der Waals surface area contributed by atoms with Crippen LogP contribution in [0.3, 0.4) is 0 Å². The third-order valence-corrected chi connectivity index (χ3v) is 5.94. The van der Waals surface area contributed by atoms with Crippen LogP contribution >= 0.6 is 0 Å². The standard InChI is InChI=1S/C14H21NO3S/c16-14-6-2-1-4-12(14)8-11-19(17,18)13-5-3-9-15-10-7-13/h1-2,4,6,13,15-16H,3,5,7-11H2. The summed E-state index contributed by atoms with van der Waals surface area (Å²) in [5.41, 5.74) is 0.706. The van der Waals surface area contributed by atoms with E-state index >= 15 is 0 Å². The van der Waals surface area contributed by atoms with E-state index in [1.807, 2.05) is 6.07 Å². The van der Waals surface area contributed by atoms with Crippen LogP contribution in [0.1, 0.15) is 24.8 Å². The summed E-state index contributed by atoms with van der Waals surface area (Å²) in [6, 6.07) is 6.93. The summed E-state index contributed by atoms with van der Waals surface area (Å²) in [5, 5.41) is 12.7. The van der Waals surface area contributed by atoms with Gasteiger partial charge in [0, 0.05) is 0 Å². The van der Waals surface area contributed by atoms with Crippen LogP contribution in [0.4, 0.5) is 0 Å². The topological polar surface area (TPSA) is 66.4 Å². The van der Waals surface area contributed by atoms with Crippen molar-refractivity contribution in [3.05, 3.63) is 29.8 Å². The molecule has 0 spiro atoms. The van der Waals surface area contributed by atoms with Crippen LogP contribution in [0.25, 0.3) is 0 Å². The molecule has 19 heavy (non-hydrogen) atoms. The minimum atomic E-state index is -3.07. The fraction of sp³-hybridized carbons (Fsp3) is 0.571. The van der Waals surface area contributed by atoms with Gasteiger partial charge in [0.05, 0.1) is 11.0 Å². The SMILES string of the molecule is O=S(=O)(CCc1ccccc1O)C1CCCNCC1. The van der Waals surface area contributed by atoms with Crippen LogP contribution in [-0.4, -0.2) is 37.6 Å². The maximum absolute atomic E-state index is 12.3. The van der Waals surface area contributed by atoms with Crippen LogP contribution in [-0.2, 0) is 16.3 Å². The van der Waals surface area contributed by atoms with Gasteiger partial charge in [-0.2, -0.15) is 0 Å². The molecule has 0 aliphatic carbocycles. The van der Waals surface area contributed by atoms with Crippen molar-refractivity contribution in [1.29, 1.82) is 0 Å². The monoisotopic (exact) mass is 283 g/mol. The zero-order chi connectivity index (χ0) is 13.7. The number of para-hydroxylation sites is 1. The minimum absolute atomic E-state index is 0.120. The number of aryl methyl sites for hydroxylation is 1. The molecule has 0 aromatic heterocycles. The summed E-state index contributed by atoms with van der Waals surface area (Å²) in [6.45, 7) is 1.69. The van der Waals surface area contributed by atoms with Crippen LogP contribution in [0.15, 0.2) is 24.3 Å². The molecule has 0 bridgehead atoms. The molecule has 2 rings (SSSR count). The van der Waals surface area contributed by atoms with Gasteiger partial charge in [0.1, 0.15) is 5.75 Å². The fourth-order valence-corrected chi connectivity index (χ4v) is 4.33. The molecule has 1 aliphatic heterocycles. The number of phenols is 1. The van der Waals surface area contributed by atoms with Crippen LogP contribution in [0.2, 0.25) is 0 Å². The van der Waals surface area contributed by atoms with E-state index in [-0.39, 0.29) is 16.8 Å². The Morgan fingerprint density at radius 1 is 1.21 bits per heavy atom. The van der Waals surface area contributed by atoms with Gasteiger partial charge in [0.15, 0.2) is 9.84 Å². The average Bonchev–Trinajstić information content (AvgIpc) is 2.67. The van der Waals surface area contributed by atoms with E-state index in [0.29, 0.717) is 18.4 Å². The van der Waals surface area contributed by atoms with Crippen LogP contribution in [0, 0.1) is 0 Å². The van der Waals surface area contributed by atoms with Gasteiger partial charge in [-0.25, -0.2) is 8.42 Å². The largest absolute Gasteiger partial charge is 0.508 e. The molecule has 1 aliphatic rings. The van der Waals surface area contributed by atoms with Gasteiger partial charge >= 0.3 is 0 Å². The van der Waals surface area contributed by atoms with E-state index in [2.05, 4.69) is 5.32 Å². The predicted octanol–water partition coefficient (Wildman–Crippen LogP) is 1.49. The number of aromatic hydroxyl groups is 1. The van der Waals surface area contributed by atoms with Gasteiger partial charge in [0.25, 0.3) is 0 Å². The van der Waals surface area contributed by atoms with Gasteiger partial charge in [0.2, 0.25) is 0 Å². The van der Waals surface area contributed by atoms with E-state index in [1.54, 1.807) is 18.2 Å². The molecule has 106 valence electrons. The highest BCUT2D eigenvalue weighted by Gasteiger charge is 2.26. The number of phenolic OH excluding ortho intramolecular Hbond substituents is 1. The van der Waals surface area contributed by atoms with Crippen molar-refractivity contribution >= 4 is 9.84 Å². The summed E-state index contributed by atoms with van der Waals surface area (Å²) in [6.07, 6.45) is 2.75. The van der Waals surface area contributed by atoms with E-state index in [4.69, 9.17) is 0 Å². The Kier molecular flexibility index (Phi) is 4.82. The molecule has 1 unspecified atom stereocenters. The normalized spacial score (nSPS) is 20.9. The first-order chi connectivity index (χ1) is 9.09. The molecule has 0 saturated carbocycles. The molecule has 1 fully saturated rings. The highest BCUT2D eigenvalue weighted by Crippen LogP contribution is 2.20. The van der Waals surface area contributed by atoms with E-state index in [1.165, 1.54) is 0 Å². The van der Waals surface area contributed by atoms with Gasteiger partial charge in [-0.1, -0.05) is 18.2 Å². The van der Waals surface area contributed by atoms with Crippen molar-refractivity contribution in [1.82, 2.24) is 5.32 Å². The molecule has 5 heteroatoms. The molecular formula is C14H21NO3S. The maximum atomic E-state index is 12.3. The molecule has 4 nitrogen and oxygen atoms in total. The van der Waals surface area contributed by atoms with E-state index in [9.17, 15) is 13.5 Å². The minimum Gasteiger partial charge on any atom is -0.508 e. The van der Waals surface area contributed by atoms with Gasteiger partial charge < -0.3 is 10.4 Å². The van der Waals surface area contributed by atoms with Crippen molar-refractivity contribution in [2.24, 2.45) is 0 Å². The summed E-state index contributed by atoms with van der Waals surface area (Å²) < 4.78 is 24.6. The second-order valence-electron chi connectivity index (χ2n) is 5.05. The molecule has 1 heterocycles. The molecule has 1 saturated heterocycles. The molecule has 1 aromatic carbocycles. The summed E-state index contributed by atoms with van der Waals surface area (Å²) in [7, 11) is -3.07. The highest BCUT2D eigenvalue weighted by molar-refractivity contribution is 7.92. The second-order valence-corrected chi connectivity index (χ2v) is 7.45. The van der Waals surface area contributed by atoms with Gasteiger partial charge in [-0.15, -0.1) is 0 Å². The van der Waals surface area contributed by atoms with Crippen molar-refractivity contribution in [3.63, 3.8) is 0 Å². The third kappa shape index (κ3) is 3.94. The predicted molar refractivity (Wildman–Crippen MR) is 76.1 cm³/mol. The Morgan fingerprint density at radius 2 is 2.00 bits per heavy atom. The first-order valence-electron chi connectivity index (χ1n) is 6.79. The van der Waals surface area contributed by atoms with Crippen molar-refractivity contribution < 1.29 is 13.5 Å². The number of hydrogen-bond donors (Lipinski definition) is 2. The van der Waals surface area contributed by atoms with Gasteiger partial charge in [-0.3, -0.25) is 0 Å². The Balaban J connectivity index is 1.99. The van der Waals surface area contributed by atoms with Crippen molar-refractivity contribution in [2.75, 3.05) is 18.8 Å². The Morgan fingerprint density at radius 3 is 2.79 bits per heavy atom. The lowest BCUT2D eigenvalue weighted by Gasteiger charge is -2.15. The summed E-state index contributed by atoms with van der Waals surface area (Å²) in [4.78, 5) is 0. The molecule has 1 atom stereocenters. The first-order valence-corrected chi connectivity index (χ1v) is 8.50. The lowest BCUT2D eigenvalue weighted by atomic mass is 10.1. The number of sulfone groups is 1. The zero-order valence-corrected chi connectivity index (χ0v) is 11.8. The number of nitrogens with one attached hydrogen (secondary N) is 1. The Hall–Kier alpha value is -1.07. The second kappa shape index (κ2) is 6.39. The van der Waals surface area contributed by atoms with Crippen LogP contribution in [0.5, 0.6) is 5.75 Å². The quantitative estimate of drug-likeness (QED) is 0.878. The lowest BCUT2D eigenvalue weighted by molar-refractivity contribution is 0.468.